The molecule has 1 N–H and O–H groups in total. The first kappa shape index (κ1) is 18.8. The number of hydrogen-bond acceptors (Lipinski definition) is 4. The number of rotatable bonds is 4. The Morgan fingerprint density at radius 1 is 1.04 bits per heavy atom. The number of piperazine rings is 1. The smallest absolute Gasteiger partial charge is 0.258 e. The lowest BCUT2D eigenvalue weighted by molar-refractivity contribution is 0.312. The average Bonchev–Trinajstić information content (AvgIpc) is 2.70. The van der Waals surface area contributed by atoms with Crippen LogP contribution < -0.4 is 15.8 Å². The van der Waals surface area contributed by atoms with Gasteiger partial charge in [0.05, 0.1) is 0 Å². The Labute approximate surface area is 170 Å². The van der Waals surface area contributed by atoms with Gasteiger partial charge in [0.15, 0.2) is 0 Å². The summed E-state index contributed by atoms with van der Waals surface area (Å²) in [6.45, 7) is 4.70. The second-order valence-electron chi connectivity index (χ2n) is 7.42. The van der Waals surface area contributed by atoms with E-state index in [0.29, 0.717) is 11.9 Å². The second kappa shape index (κ2) is 7.86. The molecule has 1 aromatic heterocycles. The molecule has 2 heterocycles. The summed E-state index contributed by atoms with van der Waals surface area (Å²) in [7, 11) is 3.93. The third-order valence-electron chi connectivity index (χ3n) is 5.49. The standard InChI is InChI=1S/C22H25ClN4O/c1-25-10-12-27(13-11-25)21-5-3-4-20(23)19(21)15-24-17-7-6-16-8-9-26(2)22(28)18(16)14-17/h3-9,14,24H,10-13,15H2,1-2H3. The molecule has 0 saturated carbocycles. The zero-order valence-corrected chi connectivity index (χ0v) is 17.0. The normalized spacial score (nSPS) is 15.2. The van der Waals surface area contributed by atoms with Crippen LogP contribution in [0.5, 0.6) is 0 Å². The molecule has 1 fully saturated rings. The molecule has 2 aromatic carbocycles. The van der Waals surface area contributed by atoms with Crippen LogP contribution in [0.15, 0.2) is 53.5 Å². The van der Waals surface area contributed by atoms with E-state index in [1.165, 1.54) is 5.69 Å². The van der Waals surface area contributed by atoms with E-state index in [0.717, 1.165) is 47.8 Å². The summed E-state index contributed by atoms with van der Waals surface area (Å²) in [5.41, 5.74) is 3.21. The molecule has 1 saturated heterocycles. The highest BCUT2D eigenvalue weighted by atomic mass is 35.5. The summed E-state index contributed by atoms with van der Waals surface area (Å²) in [4.78, 5) is 17.1. The lowest BCUT2D eigenvalue weighted by atomic mass is 10.1. The van der Waals surface area contributed by atoms with Gasteiger partial charge in [0.25, 0.3) is 5.56 Å². The first-order valence-electron chi connectivity index (χ1n) is 9.57. The van der Waals surface area contributed by atoms with Crippen LogP contribution >= 0.6 is 11.6 Å². The molecule has 0 bridgehead atoms. The van der Waals surface area contributed by atoms with Crippen molar-refractivity contribution < 1.29 is 0 Å². The second-order valence-corrected chi connectivity index (χ2v) is 7.82. The van der Waals surface area contributed by atoms with Crippen LogP contribution in [0.4, 0.5) is 11.4 Å². The maximum atomic E-state index is 12.4. The van der Waals surface area contributed by atoms with E-state index in [1.54, 1.807) is 17.8 Å². The fourth-order valence-electron chi connectivity index (χ4n) is 3.70. The van der Waals surface area contributed by atoms with Gasteiger partial charge in [0, 0.05) is 73.3 Å². The highest BCUT2D eigenvalue weighted by Gasteiger charge is 2.18. The number of halogens is 1. The topological polar surface area (TPSA) is 40.5 Å². The number of aryl methyl sites for hydroxylation is 1. The van der Waals surface area contributed by atoms with Crippen LogP contribution in [0.25, 0.3) is 10.8 Å². The van der Waals surface area contributed by atoms with Gasteiger partial charge in [-0.25, -0.2) is 0 Å². The lowest BCUT2D eigenvalue weighted by Gasteiger charge is -2.35. The number of anilines is 2. The SMILES string of the molecule is CN1CCN(c2cccc(Cl)c2CNc2ccc3ccn(C)c(=O)c3c2)CC1. The number of pyridine rings is 1. The van der Waals surface area contributed by atoms with E-state index in [4.69, 9.17) is 11.6 Å². The fraction of sp³-hybridized carbons (Fsp3) is 0.318. The summed E-state index contributed by atoms with van der Waals surface area (Å²) in [6.07, 6.45) is 1.80. The van der Waals surface area contributed by atoms with Crippen molar-refractivity contribution in [1.29, 1.82) is 0 Å². The average molecular weight is 397 g/mol. The number of likely N-dealkylation sites (N-methyl/N-ethyl adjacent to an activating group) is 1. The summed E-state index contributed by atoms with van der Waals surface area (Å²) in [6, 6.07) is 14.0. The summed E-state index contributed by atoms with van der Waals surface area (Å²) in [5, 5.41) is 5.89. The maximum Gasteiger partial charge on any atom is 0.258 e. The number of fused-ring (bicyclic) bond motifs is 1. The Morgan fingerprint density at radius 3 is 2.61 bits per heavy atom. The minimum Gasteiger partial charge on any atom is -0.381 e. The zero-order chi connectivity index (χ0) is 19.7. The van der Waals surface area contributed by atoms with E-state index in [9.17, 15) is 4.79 Å². The van der Waals surface area contributed by atoms with Crippen molar-refractivity contribution in [3.8, 4) is 0 Å². The monoisotopic (exact) mass is 396 g/mol. The molecule has 5 nitrogen and oxygen atoms in total. The van der Waals surface area contributed by atoms with Crippen molar-refractivity contribution in [2.45, 2.75) is 6.54 Å². The Kier molecular flexibility index (Phi) is 5.29. The maximum absolute atomic E-state index is 12.4. The number of nitrogens with one attached hydrogen (secondary N) is 1. The molecular formula is C22H25ClN4O. The number of nitrogens with zero attached hydrogens (tertiary/aromatic N) is 3. The summed E-state index contributed by atoms with van der Waals surface area (Å²) in [5.74, 6) is 0. The molecular weight excluding hydrogens is 372 g/mol. The number of aromatic nitrogens is 1. The predicted octanol–water partition coefficient (Wildman–Crippen LogP) is 3.56. The Morgan fingerprint density at radius 2 is 1.82 bits per heavy atom. The van der Waals surface area contributed by atoms with Gasteiger partial charge in [-0.2, -0.15) is 0 Å². The molecule has 0 unspecified atom stereocenters. The first-order valence-corrected chi connectivity index (χ1v) is 9.95. The van der Waals surface area contributed by atoms with Crippen LogP contribution in [-0.2, 0) is 13.6 Å². The van der Waals surface area contributed by atoms with E-state index < -0.39 is 0 Å². The van der Waals surface area contributed by atoms with Gasteiger partial charge >= 0.3 is 0 Å². The first-order chi connectivity index (χ1) is 13.5. The van der Waals surface area contributed by atoms with E-state index in [-0.39, 0.29) is 5.56 Å². The van der Waals surface area contributed by atoms with Crippen LogP contribution in [0.3, 0.4) is 0 Å². The molecule has 28 heavy (non-hydrogen) atoms. The Hall–Kier alpha value is -2.50. The zero-order valence-electron chi connectivity index (χ0n) is 16.3. The number of benzene rings is 2. The van der Waals surface area contributed by atoms with E-state index >= 15 is 0 Å². The molecule has 0 aliphatic carbocycles. The Balaban J connectivity index is 1.59. The number of hydrogen-bond donors (Lipinski definition) is 1. The van der Waals surface area contributed by atoms with Gasteiger partial charge in [-0.15, -0.1) is 0 Å². The third-order valence-corrected chi connectivity index (χ3v) is 5.84. The van der Waals surface area contributed by atoms with Gasteiger partial charge in [-0.1, -0.05) is 23.7 Å². The molecule has 146 valence electrons. The van der Waals surface area contributed by atoms with Crippen molar-refractivity contribution >= 4 is 33.7 Å². The largest absolute Gasteiger partial charge is 0.381 e. The molecule has 1 aliphatic rings. The molecule has 4 rings (SSSR count). The highest BCUT2D eigenvalue weighted by Crippen LogP contribution is 2.29. The van der Waals surface area contributed by atoms with Crippen molar-refractivity contribution in [3.63, 3.8) is 0 Å². The molecule has 0 amide bonds. The van der Waals surface area contributed by atoms with Crippen LogP contribution in [-0.4, -0.2) is 42.7 Å². The summed E-state index contributed by atoms with van der Waals surface area (Å²) < 4.78 is 1.60. The van der Waals surface area contributed by atoms with Crippen molar-refractivity contribution in [2.24, 2.45) is 7.05 Å². The van der Waals surface area contributed by atoms with Gasteiger partial charge < -0.3 is 19.7 Å². The van der Waals surface area contributed by atoms with E-state index in [2.05, 4.69) is 28.2 Å². The molecule has 0 spiro atoms. The van der Waals surface area contributed by atoms with Crippen LogP contribution in [0.1, 0.15) is 5.56 Å². The highest BCUT2D eigenvalue weighted by molar-refractivity contribution is 6.31. The van der Waals surface area contributed by atoms with Gasteiger partial charge in [-0.05, 0) is 42.8 Å². The minimum absolute atomic E-state index is 0.0111. The quantitative estimate of drug-likeness (QED) is 0.732. The third kappa shape index (κ3) is 3.73. The Bertz CT molecular complexity index is 1050. The molecule has 3 aromatic rings. The lowest BCUT2D eigenvalue weighted by Crippen LogP contribution is -2.44. The molecule has 1 aliphatic heterocycles. The van der Waals surface area contributed by atoms with Crippen LogP contribution in [0, 0.1) is 0 Å². The van der Waals surface area contributed by atoms with Gasteiger partial charge in [0.1, 0.15) is 0 Å². The van der Waals surface area contributed by atoms with Crippen molar-refractivity contribution in [1.82, 2.24) is 9.47 Å². The van der Waals surface area contributed by atoms with Crippen LogP contribution in [0.2, 0.25) is 5.02 Å². The minimum atomic E-state index is 0.0111. The van der Waals surface area contributed by atoms with Gasteiger partial charge in [-0.3, -0.25) is 4.79 Å². The molecule has 0 atom stereocenters. The predicted molar refractivity (Wildman–Crippen MR) is 118 cm³/mol. The molecule has 6 heteroatoms. The summed E-state index contributed by atoms with van der Waals surface area (Å²) >= 11 is 6.55. The molecule has 0 radical (unpaired) electrons. The van der Waals surface area contributed by atoms with Crippen molar-refractivity contribution in [2.75, 3.05) is 43.4 Å². The van der Waals surface area contributed by atoms with Gasteiger partial charge in [0.2, 0.25) is 0 Å². The van der Waals surface area contributed by atoms with Crippen molar-refractivity contribution in [3.05, 3.63) is 69.6 Å². The van der Waals surface area contributed by atoms with E-state index in [1.807, 2.05) is 36.4 Å². The fourth-order valence-corrected chi connectivity index (χ4v) is 3.94.